The van der Waals surface area contributed by atoms with Crippen LogP contribution in [0.3, 0.4) is 0 Å². The van der Waals surface area contributed by atoms with Crippen molar-refractivity contribution in [3.05, 3.63) is 34.0 Å². The Kier molecular flexibility index (Phi) is 4.35. The molecule has 1 aromatic rings. The van der Waals surface area contributed by atoms with Gasteiger partial charge in [0.05, 0.1) is 4.88 Å². The molecule has 76 valence electrons. The first kappa shape index (κ1) is 10.9. The van der Waals surface area contributed by atoms with Crippen molar-refractivity contribution >= 4 is 17.2 Å². The number of hydrogen-bond donors (Lipinski definition) is 2. The summed E-state index contributed by atoms with van der Waals surface area (Å²) in [6, 6.07) is 1.94. The Morgan fingerprint density at radius 2 is 2.43 bits per heavy atom. The van der Waals surface area contributed by atoms with Gasteiger partial charge in [0, 0.05) is 13.1 Å². The first-order valence-corrected chi connectivity index (χ1v) is 5.31. The highest BCUT2D eigenvalue weighted by Crippen LogP contribution is 2.14. The molecule has 0 aliphatic rings. The predicted octanol–water partition coefficient (Wildman–Crippen LogP) is 1.30. The van der Waals surface area contributed by atoms with Crippen LogP contribution in [0.2, 0.25) is 0 Å². The SMILES string of the molecule is Cc1ccsc1C(=O)NC/C=C/CN. The van der Waals surface area contributed by atoms with Gasteiger partial charge in [-0.3, -0.25) is 4.79 Å². The number of aryl methyl sites for hydroxylation is 1. The average molecular weight is 210 g/mol. The zero-order valence-electron chi connectivity index (χ0n) is 8.12. The minimum atomic E-state index is -0.0147. The van der Waals surface area contributed by atoms with E-state index >= 15 is 0 Å². The molecule has 1 heterocycles. The number of nitrogens with one attached hydrogen (secondary N) is 1. The Hall–Kier alpha value is -1.13. The molecule has 0 saturated heterocycles. The fourth-order valence-corrected chi connectivity index (χ4v) is 1.86. The maximum Gasteiger partial charge on any atom is 0.261 e. The van der Waals surface area contributed by atoms with Gasteiger partial charge in [0.15, 0.2) is 0 Å². The van der Waals surface area contributed by atoms with E-state index in [0.29, 0.717) is 13.1 Å². The fourth-order valence-electron chi connectivity index (χ4n) is 1.02. The van der Waals surface area contributed by atoms with Crippen molar-refractivity contribution in [2.45, 2.75) is 6.92 Å². The molecule has 0 unspecified atom stereocenters. The molecule has 0 spiro atoms. The molecule has 0 aliphatic heterocycles. The lowest BCUT2D eigenvalue weighted by Crippen LogP contribution is -2.23. The quantitative estimate of drug-likeness (QED) is 0.736. The van der Waals surface area contributed by atoms with Crippen LogP contribution in [-0.4, -0.2) is 19.0 Å². The molecule has 4 heteroatoms. The lowest BCUT2D eigenvalue weighted by atomic mass is 10.3. The Balaban J connectivity index is 2.44. The van der Waals surface area contributed by atoms with Crippen LogP contribution in [0.4, 0.5) is 0 Å². The zero-order chi connectivity index (χ0) is 10.4. The second kappa shape index (κ2) is 5.57. The second-order valence-electron chi connectivity index (χ2n) is 2.85. The summed E-state index contributed by atoms with van der Waals surface area (Å²) in [5.74, 6) is -0.0147. The van der Waals surface area contributed by atoms with Gasteiger partial charge in [-0.2, -0.15) is 0 Å². The van der Waals surface area contributed by atoms with Crippen molar-refractivity contribution in [2.75, 3.05) is 13.1 Å². The number of hydrogen-bond acceptors (Lipinski definition) is 3. The average Bonchev–Trinajstić information content (AvgIpc) is 2.59. The van der Waals surface area contributed by atoms with Crippen LogP contribution in [0.1, 0.15) is 15.2 Å². The summed E-state index contributed by atoms with van der Waals surface area (Å²) in [6.07, 6.45) is 3.67. The van der Waals surface area contributed by atoms with E-state index in [4.69, 9.17) is 5.73 Å². The third-order valence-electron chi connectivity index (χ3n) is 1.75. The van der Waals surface area contributed by atoms with Crippen LogP contribution in [0.5, 0.6) is 0 Å². The van der Waals surface area contributed by atoms with E-state index in [1.165, 1.54) is 11.3 Å². The van der Waals surface area contributed by atoms with Gasteiger partial charge in [-0.05, 0) is 23.9 Å². The van der Waals surface area contributed by atoms with Crippen molar-refractivity contribution in [2.24, 2.45) is 5.73 Å². The van der Waals surface area contributed by atoms with Crippen LogP contribution in [0, 0.1) is 6.92 Å². The number of nitrogens with two attached hydrogens (primary N) is 1. The van der Waals surface area contributed by atoms with E-state index < -0.39 is 0 Å². The second-order valence-corrected chi connectivity index (χ2v) is 3.77. The van der Waals surface area contributed by atoms with E-state index in [1.54, 1.807) is 0 Å². The Morgan fingerprint density at radius 1 is 1.64 bits per heavy atom. The van der Waals surface area contributed by atoms with Crippen molar-refractivity contribution < 1.29 is 4.79 Å². The van der Waals surface area contributed by atoms with Crippen LogP contribution in [-0.2, 0) is 0 Å². The maximum absolute atomic E-state index is 11.5. The first-order chi connectivity index (χ1) is 6.75. The molecule has 0 aliphatic carbocycles. The molecule has 0 radical (unpaired) electrons. The van der Waals surface area contributed by atoms with Crippen molar-refractivity contribution in [3.8, 4) is 0 Å². The summed E-state index contributed by atoms with van der Waals surface area (Å²) < 4.78 is 0. The summed E-state index contributed by atoms with van der Waals surface area (Å²) in [4.78, 5) is 12.3. The van der Waals surface area contributed by atoms with E-state index in [-0.39, 0.29) is 5.91 Å². The topological polar surface area (TPSA) is 55.1 Å². The Bertz CT molecular complexity index is 331. The molecule has 1 rings (SSSR count). The van der Waals surface area contributed by atoms with Gasteiger partial charge >= 0.3 is 0 Å². The molecule has 1 aromatic heterocycles. The summed E-state index contributed by atoms with van der Waals surface area (Å²) in [6.45, 7) is 2.97. The summed E-state index contributed by atoms with van der Waals surface area (Å²) >= 11 is 1.46. The number of carbonyl (C=O) groups excluding carboxylic acids is 1. The lowest BCUT2D eigenvalue weighted by Gasteiger charge is -2.00. The van der Waals surface area contributed by atoms with Crippen molar-refractivity contribution in [1.29, 1.82) is 0 Å². The number of amides is 1. The van der Waals surface area contributed by atoms with Crippen molar-refractivity contribution in [1.82, 2.24) is 5.32 Å². The van der Waals surface area contributed by atoms with E-state index in [1.807, 2.05) is 30.5 Å². The largest absolute Gasteiger partial charge is 0.348 e. The third-order valence-corrected chi connectivity index (χ3v) is 2.77. The number of carbonyl (C=O) groups is 1. The Labute approximate surface area is 87.6 Å². The van der Waals surface area contributed by atoms with Crippen LogP contribution in [0.15, 0.2) is 23.6 Å². The summed E-state index contributed by atoms with van der Waals surface area (Å²) in [5.41, 5.74) is 6.29. The lowest BCUT2D eigenvalue weighted by molar-refractivity contribution is 0.0961. The molecular formula is C10H14N2OS. The van der Waals surface area contributed by atoms with Gasteiger partial charge in [-0.25, -0.2) is 0 Å². The molecular weight excluding hydrogens is 196 g/mol. The predicted molar refractivity (Wildman–Crippen MR) is 59.6 cm³/mol. The number of thiophene rings is 1. The molecule has 0 fully saturated rings. The minimum Gasteiger partial charge on any atom is -0.348 e. The molecule has 14 heavy (non-hydrogen) atoms. The normalized spacial score (nSPS) is 10.7. The van der Waals surface area contributed by atoms with Crippen LogP contribution < -0.4 is 11.1 Å². The molecule has 1 amide bonds. The molecule has 0 atom stereocenters. The first-order valence-electron chi connectivity index (χ1n) is 4.43. The molecule has 3 N–H and O–H groups in total. The van der Waals surface area contributed by atoms with Gasteiger partial charge < -0.3 is 11.1 Å². The minimum absolute atomic E-state index is 0.0147. The van der Waals surface area contributed by atoms with Gasteiger partial charge in [-0.15, -0.1) is 11.3 Å². The zero-order valence-corrected chi connectivity index (χ0v) is 8.93. The molecule has 0 saturated carbocycles. The highest BCUT2D eigenvalue weighted by atomic mass is 32.1. The highest BCUT2D eigenvalue weighted by molar-refractivity contribution is 7.12. The van der Waals surface area contributed by atoms with Crippen LogP contribution >= 0.6 is 11.3 Å². The third kappa shape index (κ3) is 2.97. The fraction of sp³-hybridized carbons (Fsp3) is 0.300. The monoisotopic (exact) mass is 210 g/mol. The van der Waals surface area contributed by atoms with Gasteiger partial charge in [-0.1, -0.05) is 12.2 Å². The number of rotatable bonds is 4. The Morgan fingerprint density at radius 3 is 3.00 bits per heavy atom. The van der Waals surface area contributed by atoms with Gasteiger partial charge in [0.25, 0.3) is 5.91 Å². The van der Waals surface area contributed by atoms with Gasteiger partial charge in [0.2, 0.25) is 0 Å². The van der Waals surface area contributed by atoms with Crippen molar-refractivity contribution in [3.63, 3.8) is 0 Å². The summed E-state index contributed by atoms with van der Waals surface area (Å²) in [5, 5.41) is 4.71. The molecule has 0 aromatic carbocycles. The maximum atomic E-state index is 11.5. The molecule has 0 bridgehead atoms. The summed E-state index contributed by atoms with van der Waals surface area (Å²) in [7, 11) is 0. The van der Waals surface area contributed by atoms with Gasteiger partial charge in [0.1, 0.15) is 0 Å². The standard InChI is InChI=1S/C10H14N2OS/c1-8-4-7-14-9(8)10(13)12-6-3-2-5-11/h2-4,7H,5-6,11H2,1H3,(H,12,13)/b3-2+. The van der Waals surface area contributed by atoms with E-state index in [0.717, 1.165) is 10.4 Å². The van der Waals surface area contributed by atoms with Crippen LogP contribution in [0.25, 0.3) is 0 Å². The van der Waals surface area contributed by atoms with E-state index in [9.17, 15) is 4.79 Å². The molecule has 3 nitrogen and oxygen atoms in total. The smallest absolute Gasteiger partial charge is 0.261 e. The highest BCUT2D eigenvalue weighted by Gasteiger charge is 2.07. The van der Waals surface area contributed by atoms with E-state index in [2.05, 4.69) is 5.32 Å².